The van der Waals surface area contributed by atoms with Crippen molar-refractivity contribution in [2.24, 2.45) is 11.8 Å². The lowest BCUT2D eigenvalue weighted by Crippen LogP contribution is -2.61. The van der Waals surface area contributed by atoms with Crippen molar-refractivity contribution in [3.05, 3.63) is 58.5 Å². The minimum Gasteiger partial charge on any atom is -0.339 e. The van der Waals surface area contributed by atoms with Gasteiger partial charge >= 0.3 is 0 Å². The molecule has 12 heteroatoms. The minimum atomic E-state index is -2.60. The SMILES string of the molecule is [C-]#[N+]c1cc(-n2nc(Br)c3cnc(C[C@@H]4CC[C@@H](C(=O)N5CC(N6CCC(F)(F)C6)C5)C4)nc32)cc2cccnc12. The van der Waals surface area contributed by atoms with Crippen molar-refractivity contribution in [2.45, 2.75) is 44.1 Å². The lowest BCUT2D eigenvalue weighted by molar-refractivity contribution is -0.143. The third kappa shape index (κ3) is 4.85. The summed E-state index contributed by atoms with van der Waals surface area (Å²) in [5.74, 6) is -1.51. The highest BCUT2D eigenvalue weighted by molar-refractivity contribution is 9.10. The monoisotopic (exact) mass is 620 g/mol. The zero-order valence-corrected chi connectivity index (χ0v) is 23.8. The minimum absolute atomic E-state index is 0.0392. The zero-order valence-electron chi connectivity index (χ0n) is 22.2. The first kappa shape index (κ1) is 26.3. The van der Waals surface area contributed by atoms with Crippen LogP contribution < -0.4 is 0 Å². The molecule has 5 heterocycles. The predicted octanol–water partition coefficient (Wildman–Crippen LogP) is 5.19. The molecule has 0 unspecified atom stereocenters. The molecule has 0 bridgehead atoms. The number of carbonyl (C=O) groups excluding carboxylic acids is 1. The fraction of sp³-hybridized carbons (Fsp3) is 0.448. The number of nitrogens with zero attached hydrogens (tertiary/aromatic N) is 8. The second-order valence-electron chi connectivity index (χ2n) is 11.4. The van der Waals surface area contributed by atoms with Crippen LogP contribution in [0.5, 0.6) is 0 Å². The molecule has 0 N–H and O–H groups in total. The molecule has 0 spiro atoms. The summed E-state index contributed by atoms with van der Waals surface area (Å²) in [6.45, 7) is 8.95. The van der Waals surface area contributed by atoms with Gasteiger partial charge in [-0.05, 0) is 64.7 Å². The van der Waals surface area contributed by atoms with Crippen molar-refractivity contribution in [1.29, 1.82) is 0 Å². The standard InChI is InChI=1S/C29H27BrF2N8O/c1-33-23-12-20(11-18-3-2-7-34-25(18)23)40-27-22(26(30)37-40)13-35-24(36-27)10-17-4-5-19(9-17)28(41)39-14-21(15-39)38-8-6-29(31,32)16-38/h2-3,7,11-13,17,19,21H,4-6,8-10,14-16H2/t17-,19-/m1/s1. The Kier molecular flexibility index (Phi) is 6.47. The van der Waals surface area contributed by atoms with Gasteiger partial charge in [0.1, 0.15) is 10.4 Å². The van der Waals surface area contributed by atoms with Crippen molar-refractivity contribution in [2.75, 3.05) is 26.2 Å². The van der Waals surface area contributed by atoms with Crippen LogP contribution in [0.1, 0.15) is 31.5 Å². The van der Waals surface area contributed by atoms with E-state index in [0.717, 1.165) is 30.0 Å². The molecule has 0 radical (unpaired) electrons. The van der Waals surface area contributed by atoms with Crippen molar-refractivity contribution in [3.63, 3.8) is 0 Å². The third-order valence-electron chi connectivity index (χ3n) is 8.72. The van der Waals surface area contributed by atoms with Gasteiger partial charge in [-0.2, -0.15) is 5.10 Å². The highest BCUT2D eigenvalue weighted by Crippen LogP contribution is 2.37. The summed E-state index contributed by atoms with van der Waals surface area (Å²) >= 11 is 3.53. The van der Waals surface area contributed by atoms with Crippen LogP contribution in [0.4, 0.5) is 14.5 Å². The first-order valence-electron chi connectivity index (χ1n) is 13.9. The fourth-order valence-corrected chi connectivity index (χ4v) is 6.93. The highest BCUT2D eigenvalue weighted by atomic mass is 79.9. The Hall–Kier alpha value is -3.56. The molecule has 4 aromatic rings. The van der Waals surface area contributed by atoms with E-state index in [0.29, 0.717) is 59.0 Å². The molecule has 7 rings (SSSR count). The topological polar surface area (TPSA) is 84.4 Å². The van der Waals surface area contributed by atoms with Gasteiger partial charge in [0.05, 0.1) is 29.7 Å². The molecule has 3 fully saturated rings. The first-order valence-corrected chi connectivity index (χ1v) is 14.6. The number of aromatic nitrogens is 5. The van der Waals surface area contributed by atoms with Crippen LogP contribution >= 0.6 is 15.9 Å². The quantitative estimate of drug-likeness (QED) is 0.286. The maximum atomic E-state index is 13.6. The number of fused-ring (bicyclic) bond motifs is 2. The molecule has 9 nitrogen and oxygen atoms in total. The smallest absolute Gasteiger partial charge is 0.261 e. The van der Waals surface area contributed by atoms with Crippen LogP contribution in [0.15, 0.2) is 41.3 Å². The summed E-state index contributed by atoms with van der Waals surface area (Å²) in [5.41, 5.74) is 2.45. The Morgan fingerprint density at radius 2 is 2.07 bits per heavy atom. The number of alkyl halides is 2. The van der Waals surface area contributed by atoms with Gasteiger partial charge in [-0.3, -0.25) is 14.7 Å². The number of hydrogen-bond donors (Lipinski definition) is 0. The largest absolute Gasteiger partial charge is 0.339 e. The zero-order chi connectivity index (χ0) is 28.3. The van der Waals surface area contributed by atoms with E-state index in [-0.39, 0.29) is 36.8 Å². The normalized spacial score (nSPS) is 22.8. The molecule has 2 atom stereocenters. The van der Waals surface area contributed by atoms with Gasteiger partial charge in [-0.1, -0.05) is 6.07 Å². The Morgan fingerprint density at radius 3 is 2.85 bits per heavy atom. The molecule has 1 aromatic carbocycles. The van der Waals surface area contributed by atoms with Crippen molar-refractivity contribution < 1.29 is 13.6 Å². The molecule has 2 aliphatic heterocycles. The number of rotatable bonds is 5. The number of amides is 1. The van der Waals surface area contributed by atoms with Crippen molar-refractivity contribution in [1.82, 2.24) is 34.5 Å². The van der Waals surface area contributed by atoms with Gasteiger partial charge in [0.25, 0.3) is 5.92 Å². The van der Waals surface area contributed by atoms with Crippen LogP contribution in [0, 0.1) is 18.4 Å². The number of likely N-dealkylation sites (tertiary alicyclic amines) is 2. The van der Waals surface area contributed by atoms with Gasteiger partial charge in [-0.25, -0.2) is 28.3 Å². The van der Waals surface area contributed by atoms with Gasteiger partial charge < -0.3 is 4.90 Å². The summed E-state index contributed by atoms with van der Waals surface area (Å²) < 4.78 is 29.5. The van der Waals surface area contributed by atoms with E-state index in [4.69, 9.17) is 11.6 Å². The van der Waals surface area contributed by atoms with E-state index in [1.54, 1.807) is 23.1 Å². The summed E-state index contributed by atoms with van der Waals surface area (Å²) in [7, 11) is 0. The second-order valence-corrected chi connectivity index (χ2v) is 12.2. The van der Waals surface area contributed by atoms with Crippen molar-refractivity contribution in [3.8, 4) is 5.69 Å². The van der Waals surface area contributed by atoms with Crippen molar-refractivity contribution >= 4 is 49.5 Å². The lowest BCUT2D eigenvalue weighted by atomic mass is 9.98. The van der Waals surface area contributed by atoms with E-state index < -0.39 is 5.92 Å². The Labute approximate surface area is 243 Å². The van der Waals surface area contributed by atoms with E-state index in [9.17, 15) is 13.6 Å². The second kappa shape index (κ2) is 10.1. The molecule has 3 aromatic heterocycles. The molecule has 1 amide bonds. The van der Waals surface area contributed by atoms with E-state index in [1.807, 2.05) is 28.0 Å². The summed E-state index contributed by atoms with van der Waals surface area (Å²) in [4.78, 5) is 34.3. The van der Waals surface area contributed by atoms with Crippen LogP contribution in [-0.4, -0.2) is 78.6 Å². The van der Waals surface area contributed by atoms with E-state index >= 15 is 0 Å². The summed E-state index contributed by atoms with van der Waals surface area (Å²) in [5, 5.41) is 6.26. The van der Waals surface area contributed by atoms with Crippen LogP contribution in [0.25, 0.3) is 32.5 Å². The Morgan fingerprint density at radius 1 is 1.22 bits per heavy atom. The lowest BCUT2D eigenvalue weighted by Gasteiger charge is -2.45. The van der Waals surface area contributed by atoms with Gasteiger partial charge in [0, 0.05) is 56.8 Å². The van der Waals surface area contributed by atoms with Crippen LogP contribution in [-0.2, 0) is 11.2 Å². The molecule has 2 saturated heterocycles. The van der Waals surface area contributed by atoms with E-state index in [2.05, 4.69) is 35.8 Å². The number of halogens is 3. The average molecular weight is 621 g/mol. The van der Waals surface area contributed by atoms with Crippen LogP contribution in [0.2, 0.25) is 0 Å². The summed E-state index contributed by atoms with van der Waals surface area (Å²) in [6.07, 6.45) is 6.53. The molecular formula is C29H27BrF2N8O. The number of carbonyl (C=O) groups is 1. The number of hydrogen-bond acceptors (Lipinski definition) is 6. The number of pyridine rings is 1. The van der Waals surface area contributed by atoms with Crippen LogP contribution in [0.3, 0.4) is 0 Å². The Bertz CT molecular complexity index is 1710. The highest BCUT2D eigenvalue weighted by Gasteiger charge is 2.46. The summed E-state index contributed by atoms with van der Waals surface area (Å²) in [6, 6.07) is 7.53. The van der Waals surface area contributed by atoms with Gasteiger partial charge in [0.2, 0.25) is 11.6 Å². The maximum Gasteiger partial charge on any atom is 0.261 e. The molecule has 1 aliphatic carbocycles. The fourth-order valence-electron chi connectivity index (χ4n) is 6.49. The van der Waals surface area contributed by atoms with Gasteiger partial charge in [-0.15, -0.1) is 0 Å². The molecular weight excluding hydrogens is 594 g/mol. The van der Waals surface area contributed by atoms with Gasteiger partial charge in [0.15, 0.2) is 5.65 Å². The number of benzene rings is 1. The molecule has 1 saturated carbocycles. The average Bonchev–Trinajstić information content (AvgIpc) is 3.64. The molecule has 41 heavy (non-hydrogen) atoms. The predicted molar refractivity (Wildman–Crippen MR) is 152 cm³/mol. The first-order chi connectivity index (χ1) is 19.8. The maximum absolute atomic E-state index is 13.6. The van der Waals surface area contributed by atoms with E-state index in [1.165, 1.54) is 0 Å². The molecule has 3 aliphatic rings. The molecule has 210 valence electrons. The third-order valence-corrected chi connectivity index (χ3v) is 9.30. The Balaban J connectivity index is 1.05.